The molecular formula is C23H35N3O6. The van der Waals surface area contributed by atoms with Gasteiger partial charge in [-0.05, 0) is 46.1 Å². The highest BCUT2D eigenvalue weighted by atomic mass is 16.6. The Bertz CT molecular complexity index is 815. The van der Waals surface area contributed by atoms with E-state index in [0.29, 0.717) is 0 Å². The fourth-order valence-electron chi connectivity index (χ4n) is 2.78. The minimum absolute atomic E-state index is 0.144. The second-order valence-corrected chi connectivity index (χ2v) is 9.54. The first-order valence-electron chi connectivity index (χ1n) is 10.5. The monoisotopic (exact) mass is 449 g/mol. The van der Waals surface area contributed by atoms with Crippen LogP contribution in [0.4, 0.5) is 4.79 Å². The summed E-state index contributed by atoms with van der Waals surface area (Å²) in [4.78, 5) is 49.5. The summed E-state index contributed by atoms with van der Waals surface area (Å²) < 4.78 is 5.20. The van der Waals surface area contributed by atoms with Crippen LogP contribution in [-0.2, 0) is 25.5 Å². The minimum Gasteiger partial charge on any atom is -0.480 e. The van der Waals surface area contributed by atoms with Crippen molar-refractivity contribution in [3.05, 3.63) is 35.9 Å². The molecule has 3 amide bonds. The summed E-state index contributed by atoms with van der Waals surface area (Å²) in [5.74, 6) is -2.76. The van der Waals surface area contributed by atoms with Crippen LogP contribution in [0.25, 0.3) is 0 Å². The summed E-state index contributed by atoms with van der Waals surface area (Å²) >= 11 is 0. The van der Waals surface area contributed by atoms with Gasteiger partial charge >= 0.3 is 12.1 Å². The number of carbonyl (C=O) groups excluding carboxylic acids is 3. The van der Waals surface area contributed by atoms with E-state index in [2.05, 4.69) is 16.0 Å². The summed E-state index contributed by atoms with van der Waals surface area (Å²) in [6.45, 7) is 11.4. The molecule has 0 aliphatic rings. The van der Waals surface area contributed by atoms with Crippen molar-refractivity contribution in [3.8, 4) is 0 Å². The molecule has 32 heavy (non-hydrogen) atoms. The van der Waals surface area contributed by atoms with Gasteiger partial charge in [0.15, 0.2) is 0 Å². The lowest BCUT2D eigenvalue weighted by molar-refractivity contribution is -0.143. The standard InChI is InChI=1S/C23H35N3O6/c1-14(2)17(19(28)29)25-18(27)16(13-15-11-9-8-10-12-15)24-20(30)23(6,7)26-21(31)32-22(3,4)5/h8-12,14,16-17H,13H2,1-7H3,(H,24,30)(H,25,27)(H,26,31)(H,28,29). The van der Waals surface area contributed by atoms with Crippen LogP contribution in [0.15, 0.2) is 30.3 Å². The molecule has 1 rings (SSSR count). The maximum Gasteiger partial charge on any atom is 0.408 e. The zero-order chi connectivity index (χ0) is 24.7. The fraction of sp³-hybridized carbons (Fsp3) is 0.565. The highest BCUT2D eigenvalue weighted by Crippen LogP contribution is 2.12. The average Bonchev–Trinajstić information content (AvgIpc) is 2.63. The molecule has 1 aromatic rings. The van der Waals surface area contributed by atoms with Crippen LogP contribution >= 0.6 is 0 Å². The molecule has 0 saturated heterocycles. The molecule has 2 atom stereocenters. The van der Waals surface area contributed by atoms with Gasteiger partial charge in [-0.3, -0.25) is 9.59 Å². The van der Waals surface area contributed by atoms with Gasteiger partial charge in [-0.2, -0.15) is 0 Å². The largest absolute Gasteiger partial charge is 0.480 e. The van der Waals surface area contributed by atoms with Crippen LogP contribution in [0, 0.1) is 5.92 Å². The van der Waals surface area contributed by atoms with Gasteiger partial charge in [-0.25, -0.2) is 9.59 Å². The fourth-order valence-corrected chi connectivity index (χ4v) is 2.78. The van der Waals surface area contributed by atoms with E-state index in [0.717, 1.165) is 5.56 Å². The molecule has 0 radical (unpaired) electrons. The topological polar surface area (TPSA) is 134 Å². The van der Waals surface area contributed by atoms with Gasteiger partial charge in [0.2, 0.25) is 11.8 Å². The second kappa shape index (κ2) is 11.0. The molecule has 0 aliphatic carbocycles. The van der Waals surface area contributed by atoms with Crippen LogP contribution in [0.1, 0.15) is 54.0 Å². The number of aliphatic carboxylic acids is 1. The van der Waals surface area contributed by atoms with Crippen molar-refractivity contribution in [2.45, 2.75) is 78.1 Å². The maximum atomic E-state index is 12.9. The van der Waals surface area contributed by atoms with E-state index in [1.54, 1.807) is 58.9 Å². The first-order valence-corrected chi connectivity index (χ1v) is 10.5. The molecule has 0 aromatic heterocycles. The van der Waals surface area contributed by atoms with Gasteiger partial charge in [0.25, 0.3) is 0 Å². The Morgan fingerprint density at radius 1 is 0.969 bits per heavy atom. The van der Waals surface area contributed by atoms with E-state index >= 15 is 0 Å². The molecule has 0 heterocycles. The number of carbonyl (C=O) groups is 4. The molecule has 0 spiro atoms. The first-order chi connectivity index (χ1) is 14.6. The maximum absolute atomic E-state index is 12.9. The molecule has 0 aliphatic heterocycles. The predicted octanol–water partition coefficient (Wildman–Crippen LogP) is 2.24. The number of amides is 3. The van der Waals surface area contributed by atoms with Gasteiger partial charge in [-0.1, -0.05) is 44.2 Å². The third-order valence-electron chi connectivity index (χ3n) is 4.52. The van der Waals surface area contributed by atoms with Crippen molar-refractivity contribution in [2.24, 2.45) is 5.92 Å². The Labute approximate surface area is 189 Å². The summed E-state index contributed by atoms with van der Waals surface area (Å²) in [5.41, 5.74) is -1.35. The molecule has 1 aromatic carbocycles. The van der Waals surface area contributed by atoms with E-state index in [1.807, 2.05) is 6.07 Å². The SMILES string of the molecule is CC(C)C(NC(=O)C(Cc1ccccc1)NC(=O)C(C)(C)NC(=O)OC(C)(C)C)C(=O)O. The van der Waals surface area contributed by atoms with Crippen molar-refractivity contribution in [1.29, 1.82) is 0 Å². The van der Waals surface area contributed by atoms with Crippen LogP contribution in [-0.4, -0.2) is 52.2 Å². The zero-order valence-corrected chi connectivity index (χ0v) is 19.8. The molecule has 0 fully saturated rings. The lowest BCUT2D eigenvalue weighted by Crippen LogP contribution is -2.61. The number of benzene rings is 1. The number of hydrogen-bond acceptors (Lipinski definition) is 5. The lowest BCUT2D eigenvalue weighted by Gasteiger charge is -2.30. The van der Waals surface area contributed by atoms with Gasteiger partial charge < -0.3 is 25.8 Å². The quantitative estimate of drug-likeness (QED) is 0.457. The highest BCUT2D eigenvalue weighted by molar-refractivity contribution is 5.94. The van der Waals surface area contributed by atoms with Crippen molar-refractivity contribution >= 4 is 23.9 Å². The third kappa shape index (κ3) is 8.95. The predicted molar refractivity (Wildman–Crippen MR) is 120 cm³/mol. The number of alkyl carbamates (subject to hydrolysis) is 1. The molecule has 0 bridgehead atoms. The summed E-state index contributed by atoms with van der Waals surface area (Å²) in [6, 6.07) is 6.87. The number of carboxylic acid groups (broad SMARTS) is 1. The zero-order valence-electron chi connectivity index (χ0n) is 19.8. The Balaban J connectivity index is 3.03. The van der Waals surface area contributed by atoms with Crippen molar-refractivity contribution < 1.29 is 29.0 Å². The van der Waals surface area contributed by atoms with E-state index in [4.69, 9.17) is 4.74 Å². The molecule has 4 N–H and O–H groups in total. The van der Waals surface area contributed by atoms with E-state index in [1.165, 1.54) is 13.8 Å². The number of rotatable bonds is 9. The molecule has 9 heteroatoms. The van der Waals surface area contributed by atoms with Gasteiger partial charge in [0, 0.05) is 6.42 Å². The summed E-state index contributed by atoms with van der Waals surface area (Å²) in [5, 5.41) is 17.0. The number of ether oxygens (including phenoxy) is 1. The Morgan fingerprint density at radius 3 is 2.00 bits per heavy atom. The van der Waals surface area contributed by atoms with Crippen LogP contribution in [0.5, 0.6) is 0 Å². The third-order valence-corrected chi connectivity index (χ3v) is 4.52. The van der Waals surface area contributed by atoms with E-state index < -0.39 is 47.1 Å². The van der Waals surface area contributed by atoms with Gasteiger partial charge in [-0.15, -0.1) is 0 Å². The summed E-state index contributed by atoms with van der Waals surface area (Å²) in [6.07, 6.45) is -0.627. The molecular weight excluding hydrogens is 414 g/mol. The number of hydrogen-bond donors (Lipinski definition) is 4. The molecule has 178 valence electrons. The number of nitrogens with one attached hydrogen (secondary N) is 3. The van der Waals surface area contributed by atoms with Crippen molar-refractivity contribution in [3.63, 3.8) is 0 Å². The number of carboxylic acids is 1. The van der Waals surface area contributed by atoms with Crippen molar-refractivity contribution in [2.75, 3.05) is 0 Å². The van der Waals surface area contributed by atoms with Crippen LogP contribution in [0.2, 0.25) is 0 Å². The average molecular weight is 450 g/mol. The Hall–Kier alpha value is -3.10. The molecule has 2 unspecified atom stereocenters. The normalized spacial score (nSPS) is 13.6. The van der Waals surface area contributed by atoms with E-state index in [-0.39, 0.29) is 12.3 Å². The second-order valence-electron chi connectivity index (χ2n) is 9.54. The highest BCUT2D eigenvalue weighted by Gasteiger charge is 2.35. The van der Waals surface area contributed by atoms with Crippen molar-refractivity contribution in [1.82, 2.24) is 16.0 Å². The lowest BCUT2D eigenvalue weighted by atomic mass is 9.99. The van der Waals surface area contributed by atoms with Crippen LogP contribution < -0.4 is 16.0 Å². The minimum atomic E-state index is -1.39. The Morgan fingerprint density at radius 2 is 1.53 bits per heavy atom. The van der Waals surface area contributed by atoms with Gasteiger partial charge in [0.1, 0.15) is 23.2 Å². The van der Waals surface area contributed by atoms with E-state index in [9.17, 15) is 24.3 Å². The Kier molecular flexibility index (Phi) is 9.23. The smallest absolute Gasteiger partial charge is 0.408 e. The van der Waals surface area contributed by atoms with Gasteiger partial charge in [0.05, 0.1) is 0 Å². The summed E-state index contributed by atoms with van der Waals surface area (Å²) in [7, 11) is 0. The molecule has 0 saturated carbocycles. The van der Waals surface area contributed by atoms with Crippen LogP contribution in [0.3, 0.4) is 0 Å². The first kappa shape index (κ1) is 26.9. The molecule has 9 nitrogen and oxygen atoms in total.